The molecule has 1 saturated heterocycles. The van der Waals surface area contributed by atoms with E-state index >= 15 is 0 Å². The van der Waals surface area contributed by atoms with Crippen molar-refractivity contribution in [2.45, 2.75) is 19.1 Å². The van der Waals surface area contributed by atoms with Crippen LogP contribution in [0.1, 0.15) is 6.92 Å². The van der Waals surface area contributed by atoms with Gasteiger partial charge in [-0.3, -0.25) is 4.79 Å². The molecule has 2 rings (SSSR count). The number of nitrogens with zero attached hydrogens (tertiary/aromatic N) is 4. The van der Waals surface area contributed by atoms with Crippen LogP contribution in [0, 0.1) is 10.1 Å². The van der Waals surface area contributed by atoms with Crippen molar-refractivity contribution in [2.24, 2.45) is 0 Å². The molecule has 1 aliphatic rings. The number of amides is 1. The third kappa shape index (κ3) is 2.41. The minimum atomic E-state index is -0.814. The molecule has 0 saturated carbocycles. The minimum Gasteiger partial charge on any atom is -0.386 e. The standard InChI is InChI=1S/C9H12N4O4/c1-9(15)5-11(6-9)8(14)4-12-3-2-7(10-12)13(16)17/h2-3,15H,4-6H2,1H3. The highest BCUT2D eigenvalue weighted by Crippen LogP contribution is 2.20. The molecule has 0 bridgehead atoms. The predicted molar refractivity (Wildman–Crippen MR) is 56.1 cm³/mol. The van der Waals surface area contributed by atoms with Gasteiger partial charge >= 0.3 is 5.82 Å². The molecule has 1 aliphatic heterocycles. The van der Waals surface area contributed by atoms with E-state index in [1.807, 2.05) is 0 Å². The van der Waals surface area contributed by atoms with E-state index in [1.54, 1.807) is 6.92 Å². The van der Waals surface area contributed by atoms with Gasteiger partial charge in [-0.2, -0.15) is 4.68 Å². The van der Waals surface area contributed by atoms with Crippen LogP contribution in [0.5, 0.6) is 0 Å². The number of hydrogen-bond donors (Lipinski definition) is 1. The topological polar surface area (TPSA) is 102 Å². The molecule has 17 heavy (non-hydrogen) atoms. The summed E-state index contributed by atoms with van der Waals surface area (Å²) in [6, 6.07) is 1.24. The molecule has 1 fully saturated rings. The van der Waals surface area contributed by atoms with Crippen molar-refractivity contribution in [1.29, 1.82) is 0 Å². The van der Waals surface area contributed by atoms with Crippen LogP contribution in [0.4, 0.5) is 5.82 Å². The van der Waals surface area contributed by atoms with Crippen LogP contribution in [0.25, 0.3) is 0 Å². The number of aromatic nitrogens is 2. The van der Waals surface area contributed by atoms with Crippen LogP contribution in [-0.2, 0) is 11.3 Å². The molecule has 1 aromatic rings. The minimum absolute atomic E-state index is 0.0517. The summed E-state index contributed by atoms with van der Waals surface area (Å²) in [5.74, 6) is -0.497. The number of hydrogen-bond acceptors (Lipinski definition) is 5. The van der Waals surface area contributed by atoms with Gasteiger partial charge in [0.1, 0.15) is 6.54 Å². The van der Waals surface area contributed by atoms with E-state index in [4.69, 9.17) is 0 Å². The fourth-order valence-electron chi connectivity index (χ4n) is 1.73. The predicted octanol–water partition coefficient (Wildman–Crippen LogP) is -0.616. The second-order valence-electron chi connectivity index (χ2n) is 4.38. The van der Waals surface area contributed by atoms with Gasteiger partial charge in [-0.25, -0.2) is 0 Å². The van der Waals surface area contributed by atoms with Crippen molar-refractivity contribution in [3.8, 4) is 0 Å². The number of rotatable bonds is 3. The van der Waals surface area contributed by atoms with Gasteiger partial charge in [0.25, 0.3) is 0 Å². The van der Waals surface area contributed by atoms with Crippen molar-refractivity contribution in [3.63, 3.8) is 0 Å². The molecule has 1 amide bonds. The molecular weight excluding hydrogens is 228 g/mol. The van der Waals surface area contributed by atoms with Gasteiger partial charge in [0.2, 0.25) is 5.91 Å². The second kappa shape index (κ2) is 3.81. The van der Waals surface area contributed by atoms with Crippen LogP contribution in [0.3, 0.4) is 0 Å². The first kappa shape index (κ1) is 11.5. The summed E-state index contributed by atoms with van der Waals surface area (Å²) in [5.41, 5.74) is -0.814. The van der Waals surface area contributed by atoms with Crippen LogP contribution >= 0.6 is 0 Å². The average molecular weight is 240 g/mol. The molecule has 0 aliphatic carbocycles. The molecule has 8 nitrogen and oxygen atoms in total. The summed E-state index contributed by atoms with van der Waals surface area (Å²) >= 11 is 0. The van der Waals surface area contributed by atoms with Crippen molar-refractivity contribution < 1.29 is 14.8 Å². The summed E-state index contributed by atoms with van der Waals surface area (Å²) in [6.45, 7) is 2.17. The number of β-amino-alcohol motifs (C(OH)–C–C–N with tert-alkyl or cyclic N) is 1. The smallest absolute Gasteiger partial charge is 0.386 e. The van der Waals surface area contributed by atoms with Crippen LogP contribution in [0.15, 0.2) is 12.3 Å². The van der Waals surface area contributed by atoms with Crippen LogP contribution < -0.4 is 0 Å². The van der Waals surface area contributed by atoms with E-state index < -0.39 is 10.5 Å². The lowest BCUT2D eigenvalue weighted by Crippen LogP contribution is -2.62. The first-order valence-electron chi connectivity index (χ1n) is 5.05. The zero-order chi connectivity index (χ0) is 12.6. The maximum Gasteiger partial charge on any atom is 0.389 e. The Hall–Kier alpha value is -1.96. The second-order valence-corrected chi connectivity index (χ2v) is 4.38. The zero-order valence-electron chi connectivity index (χ0n) is 9.24. The highest BCUT2D eigenvalue weighted by molar-refractivity contribution is 5.77. The Morgan fingerprint density at radius 1 is 1.71 bits per heavy atom. The maximum atomic E-state index is 11.6. The molecule has 0 radical (unpaired) electrons. The van der Waals surface area contributed by atoms with E-state index in [1.165, 1.54) is 21.8 Å². The number of nitro groups is 1. The zero-order valence-corrected chi connectivity index (χ0v) is 9.24. The van der Waals surface area contributed by atoms with E-state index in [2.05, 4.69) is 5.10 Å². The number of carbonyl (C=O) groups is 1. The first-order chi connectivity index (χ1) is 7.87. The molecule has 0 spiro atoms. The van der Waals surface area contributed by atoms with Gasteiger partial charge in [0.05, 0.1) is 36.1 Å². The molecule has 1 aromatic heterocycles. The molecule has 8 heteroatoms. The Labute approximate surface area is 96.6 Å². The average Bonchev–Trinajstić information content (AvgIpc) is 2.62. The van der Waals surface area contributed by atoms with E-state index in [0.29, 0.717) is 0 Å². The largest absolute Gasteiger partial charge is 0.389 e. The third-order valence-electron chi connectivity index (χ3n) is 2.53. The summed E-state index contributed by atoms with van der Waals surface area (Å²) in [6.07, 6.45) is 1.38. The molecule has 0 unspecified atom stereocenters. The normalized spacial score (nSPS) is 17.6. The number of aliphatic hydroxyl groups is 1. The molecule has 92 valence electrons. The fraction of sp³-hybridized carbons (Fsp3) is 0.556. The van der Waals surface area contributed by atoms with E-state index in [-0.39, 0.29) is 31.4 Å². The summed E-state index contributed by atoms with van der Waals surface area (Å²) in [5, 5.41) is 23.5. The van der Waals surface area contributed by atoms with Gasteiger partial charge in [-0.15, -0.1) is 0 Å². The van der Waals surface area contributed by atoms with Gasteiger partial charge in [-0.1, -0.05) is 0 Å². The monoisotopic (exact) mass is 240 g/mol. The fourth-order valence-corrected chi connectivity index (χ4v) is 1.73. The van der Waals surface area contributed by atoms with Crippen molar-refractivity contribution in [1.82, 2.24) is 14.7 Å². The Kier molecular flexibility index (Phi) is 2.58. The Bertz CT molecular complexity index is 459. The van der Waals surface area contributed by atoms with Crippen molar-refractivity contribution in [3.05, 3.63) is 22.4 Å². The van der Waals surface area contributed by atoms with Gasteiger partial charge in [0.15, 0.2) is 0 Å². The molecule has 1 N–H and O–H groups in total. The maximum absolute atomic E-state index is 11.6. The molecule has 0 atom stereocenters. The quantitative estimate of drug-likeness (QED) is 0.560. The van der Waals surface area contributed by atoms with Crippen LogP contribution in [0.2, 0.25) is 0 Å². The van der Waals surface area contributed by atoms with E-state index in [0.717, 1.165) is 0 Å². The first-order valence-corrected chi connectivity index (χ1v) is 5.05. The lowest BCUT2D eigenvalue weighted by molar-refractivity contribution is -0.389. The summed E-state index contributed by atoms with van der Waals surface area (Å²) in [4.78, 5) is 22.9. The van der Waals surface area contributed by atoms with Crippen LogP contribution in [-0.4, -0.2) is 49.3 Å². The highest BCUT2D eigenvalue weighted by Gasteiger charge is 2.39. The molecule has 0 aromatic carbocycles. The van der Waals surface area contributed by atoms with Crippen molar-refractivity contribution in [2.75, 3.05) is 13.1 Å². The van der Waals surface area contributed by atoms with Gasteiger partial charge in [0, 0.05) is 0 Å². The van der Waals surface area contributed by atoms with Gasteiger partial charge < -0.3 is 20.1 Å². The SMILES string of the molecule is CC1(O)CN(C(=O)Cn2ccc([N+](=O)[O-])n2)C1. The van der Waals surface area contributed by atoms with Crippen molar-refractivity contribution >= 4 is 11.7 Å². The summed E-state index contributed by atoms with van der Waals surface area (Å²) in [7, 11) is 0. The highest BCUT2D eigenvalue weighted by atomic mass is 16.6. The Balaban J connectivity index is 1.93. The number of carbonyl (C=O) groups excluding carboxylic acids is 1. The summed E-state index contributed by atoms with van der Waals surface area (Å²) < 4.78 is 1.22. The Morgan fingerprint density at radius 3 is 2.82 bits per heavy atom. The van der Waals surface area contributed by atoms with Gasteiger partial charge in [-0.05, 0) is 11.8 Å². The molecule has 2 heterocycles. The van der Waals surface area contributed by atoms with E-state index in [9.17, 15) is 20.0 Å². The third-order valence-corrected chi connectivity index (χ3v) is 2.53. The molecular formula is C9H12N4O4. The lowest BCUT2D eigenvalue weighted by Gasteiger charge is -2.43. The number of likely N-dealkylation sites (tertiary alicyclic amines) is 1. The Morgan fingerprint density at radius 2 is 2.35 bits per heavy atom. The lowest BCUT2D eigenvalue weighted by atomic mass is 9.97.